The molecule has 2 aromatic heterocycles. The Bertz CT molecular complexity index is 757. The van der Waals surface area contributed by atoms with E-state index in [9.17, 15) is 9.18 Å². The molecule has 0 aliphatic heterocycles. The quantitative estimate of drug-likeness (QED) is 0.771. The van der Waals surface area contributed by atoms with Gasteiger partial charge in [-0.15, -0.1) is 21.5 Å². The zero-order chi connectivity index (χ0) is 15.4. The molecule has 0 saturated carbocycles. The summed E-state index contributed by atoms with van der Waals surface area (Å²) >= 11 is 1.35. The van der Waals surface area contributed by atoms with Gasteiger partial charge >= 0.3 is 0 Å². The number of amides is 1. The molecule has 1 amide bonds. The molecule has 3 aromatic rings. The molecule has 0 aliphatic carbocycles. The smallest absolute Gasteiger partial charge is 0.266 e. The molecule has 110 valence electrons. The first-order valence-corrected chi connectivity index (χ1v) is 7.30. The molecule has 0 radical (unpaired) electrons. The van der Waals surface area contributed by atoms with Gasteiger partial charge in [-0.3, -0.25) is 4.79 Å². The van der Waals surface area contributed by atoms with E-state index >= 15 is 0 Å². The highest BCUT2D eigenvalue weighted by Crippen LogP contribution is 2.16. The van der Waals surface area contributed by atoms with Crippen LogP contribution in [0.15, 0.2) is 53.9 Å². The van der Waals surface area contributed by atoms with Gasteiger partial charge < -0.3 is 10.6 Å². The Morgan fingerprint density at radius 2 is 1.73 bits per heavy atom. The van der Waals surface area contributed by atoms with Crippen LogP contribution in [0.3, 0.4) is 0 Å². The summed E-state index contributed by atoms with van der Waals surface area (Å²) in [7, 11) is 0. The highest BCUT2D eigenvalue weighted by atomic mass is 32.1. The van der Waals surface area contributed by atoms with E-state index in [0.717, 1.165) is 0 Å². The number of hydrogen-bond donors (Lipinski definition) is 2. The lowest BCUT2D eigenvalue weighted by Crippen LogP contribution is -2.12. The summed E-state index contributed by atoms with van der Waals surface area (Å²) in [5.74, 6) is 0.343. The van der Waals surface area contributed by atoms with E-state index in [2.05, 4.69) is 20.8 Å². The molecule has 0 atom stereocenters. The first kappa shape index (κ1) is 14.2. The van der Waals surface area contributed by atoms with Crippen LogP contribution in [0.5, 0.6) is 0 Å². The normalized spacial score (nSPS) is 10.2. The van der Waals surface area contributed by atoms with Crippen molar-refractivity contribution in [2.24, 2.45) is 0 Å². The van der Waals surface area contributed by atoms with Crippen molar-refractivity contribution >= 4 is 34.6 Å². The van der Waals surface area contributed by atoms with Crippen molar-refractivity contribution in [3.63, 3.8) is 0 Å². The van der Waals surface area contributed by atoms with Crippen molar-refractivity contribution in [3.8, 4) is 0 Å². The number of carbonyl (C=O) groups is 1. The van der Waals surface area contributed by atoms with Crippen molar-refractivity contribution in [1.82, 2.24) is 10.2 Å². The number of benzene rings is 1. The summed E-state index contributed by atoms with van der Waals surface area (Å²) in [6.45, 7) is 0. The largest absolute Gasteiger partial charge is 0.339 e. The first-order valence-electron chi connectivity index (χ1n) is 6.42. The Morgan fingerprint density at radius 1 is 1.00 bits per heavy atom. The number of nitrogens with one attached hydrogen (secondary N) is 2. The zero-order valence-electron chi connectivity index (χ0n) is 11.3. The molecule has 0 fully saturated rings. The molecule has 2 heterocycles. The summed E-state index contributed by atoms with van der Waals surface area (Å²) in [5.41, 5.74) is 0.700. The molecule has 2 N–H and O–H groups in total. The molecule has 0 bridgehead atoms. The van der Waals surface area contributed by atoms with Crippen LogP contribution in [0, 0.1) is 5.82 Å². The number of thiophene rings is 1. The minimum atomic E-state index is -0.303. The number of halogens is 1. The molecular formula is C15H11FN4OS. The summed E-state index contributed by atoms with van der Waals surface area (Å²) in [6.07, 6.45) is 0. The zero-order valence-corrected chi connectivity index (χ0v) is 12.1. The minimum Gasteiger partial charge on any atom is -0.339 e. The van der Waals surface area contributed by atoms with Gasteiger partial charge in [0.1, 0.15) is 5.82 Å². The fourth-order valence-electron chi connectivity index (χ4n) is 1.73. The summed E-state index contributed by atoms with van der Waals surface area (Å²) < 4.78 is 12.8. The van der Waals surface area contributed by atoms with Gasteiger partial charge in [0.15, 0.2) is 11.6 Å². The second-order valence-corrected chi connectivity index (χ2v) is 5.31. The average Bonchev–Trinajstić information content (AvgIpc) is 3.06. The lowest BCUT2D eigenvalue weighted by atomic mass is 10.3. The number of anilines is 3. The van der Waals surface area contributed by atoms with Gasteiger partial charge in [0.05, 0.1) is 4.88 Å². The second-order valence-electron chi connectivity index (χ2n) is 4.37. The standard InChI is InChI=1S/C15H11FN4OS/c16-10-3-5-11(6-4-10)17-13-7-8-14(20-19-13)18-15(21)12-2-1-9-22-12/h1-9H,(H,17,19)(H,18,20,21). The Balaban J connectivity index is 1.65. The number of carbonyl (C=O) groups excluding carboxylic acids is 1. The van der Waals surface area contributed by atoms with Gasteiger partial charge in [-0.25, -0.2) is 4.39 Å². The number of aromatic nitrogens is 2. The average molecular weight is 314 g/mol. The highest BCUT2D eigenvalue weighted by Gasteiger charge is 2.08. The molecule has 0 unspecified atom stereocenters. The van der Waals surface area contributed by atoms with Gasteiger partial charge in [0.2, 0.25) is 0 Å². The summed E-state index contributed by atoms with van der Waals surface area (Å²) in [6, 6.07) is 12.8. The summed E-state index contributed by atoms with van der Waals surface area (Å²) in [4.78, 5) is 12.5. The molecule has 0 saturated heterocycles. The molecule has 7 heteroatoms. The third-order valence-corrected chi connectivity index (χ3v) is 3.64. The molecule has 5 nitrogen and oxygen atoms in total. The summed E-state index contributed by atoms with van der Waals surface area (Å²) in [5, 5.41) is 15.4. The Hall–Kier alpha value is -2.80. The lowest BCUT2D eigenvalue weighted by Gasteiger charge is -2.06. The predicted molar refractivity (Wildman–Crippen MR) is 84.0 cm³/mol. The van der Waals surface area contributed by atoms with Crippen molar-refractivity contribution in [2.45, 2.75) is 0 Å². The molecule has 3 rings (SSSR count). The van der Waals surface area contributed by atoms with Crippen molar-refractivity contribution in [2.75, 3.05) is 10.6 Å². The van der Waals surface area contributed by atoms with Gasteiger partial charge in [0.25, 0.3) is 5.91 Å². The molecule has 22 heavy (non-hydrogen) atoms. The molecule has 0 aliphatic rings. The van der Waals surface area contributed by atoms with Crippen LogP contribution in [0.2, 0.25) is 0 Å². The van der Waals surface area contributed by atoms with E-state index in [-0.39, 0.29) is 11.7 Å². The highest BCUT2D eigenvalue weighted by molar-refractivity contribution is 7.12. The van der Waals surface area contributed by atoms with Crippen LogP contribution in [0.1, 0.15) is 9.67 Å². The van der Waals surface area contributed by atoms with Crippen LogP contribution < -0.4 is 10.6 Å². The molecule has 0 spiro atoms. The van der Waals surface area contributed by atoms with Crippen LogP contribution in [-0.2, 0) is 0 Å². The van der Waals surface area contributed by atoms with Gasteiger partial charge in [-0.1, -0.05) is 6.07 Å². The molecule has 1 aromatic carbocycles. The van der Waals surface area contributed by atoms with E-state index in [1.807, 2.05) is 5.38 Å². The number of nitrogens with zero attached hydrogens (tertiary/aromatic N) is 2. The van der Waals surface area contributed by atoms with E-state index in [1.54, 1.807) is 36.4 Å². The Kier molecular flexibility index (Phi) is 4.06. The maximum Gasteiger partial charge on any atom is 0.266 e. The third-order valence-electron chi connectivity index (χ3n) is 2.77. The van der Waals surface area contributed by atoms with Crippen LogP contribution in [-0.4, -0.2) is 16.1 Å². The number of rotatable bonds is 4. The van der Waals surface area contributed by atoms with E-state index in [4.69, 9.17) is 0 Å². The second kappa shape index (κ2) is 6.31. The Morgan fingerprint density at radius 3 is 2.36 bits per heavy atom. The van der Waals surface area contributed by atoms with Crippen LogP contribution in [0.25, 0.3) is 0 Å². The van der Waals surface area contributed by atoms with E-state index in [1.165, 1.54) is 23.5 Å². The van der Waals surface area contributed by atoms with Gasteiger partial charge in [0, 0.05) is 5.69 Å². The van der Waals surface area contributed by atoms with Crippen LogP contribution in [0.4, 0.5) is 21.7 Å². The van der Waals surface area contributed by atoms with Gasteiger partial charge in [-0.2, -0.15) is 0 Å². The first-order chi connectivity index (χ1) is 10.7. The van der Waals surface area contributed by atoms with Gasteiger partial charge in [-0.05, 0) is 47.8 Å². The number of hydrogen-bond acceptors (Lipinski definition) is 5. The fourth-order valence-corrected chi connectivity index (χ4v) is 2.35. The minimum absolute atomic E-state index is 0.219. The molecular weight excluding hydrogens is 303 g/mol. The maximum atomic E-state index is 12.8. The lowest BCUT2D eigenvalue weighted by molar-refractivity contribution is 0.103. The fraction of sp³-hybridized carbons (Fsp3) is 0. The SMILES string of the molecule is O=C(Nc1ccc(Nc2ccc(F)cc2)nn1)c1cccs1. The predicted octanol–water partition coefficient (Wildman–Crippen LogP) is 3.67. The topological polar surface area (TPSA) is 66.9 Å². The van der Waals surface area contributed by atoms with Crippen molar-refractivity contribution < 1.29 is 9.18 Å². The van der Waals surface area contributed by atoms with E-state index < -0.39 is 0 Å². The third kappa shape index (κ3) is 3.44. The van der Waals surface area contributed by atoms with E-state index in [0.29, 0.717) is 22.2 Å². The monoisotopic (exact) mass is 314 g/mol. The maximum absolute atomic E-state index is 12.8. The van der Waals surface area contributed by atoms with Crippen molar-refractivity contribution in [1.29, 1.82) is 0 Å². The van der Waals surface area contributed by atoms with Crippen molar-refractivity contribution in [3.05, 3.63) is 64.6 Å². The Labute approximate surface area is 129 Å². The van der Waals surface area contributed by atoms with Crippen LogP contribution >= 0.6 is 11.3 Å².